The molecule has 1 aromatic carbocycles. The fourth-order valence-electron chi connectivity index (χ4n) is 2.19. The predicted molar refractivity (Wildman–Crippen MR) is 82.6 cm³/mol. The van der Waals surface area contributed by atoms with E-state index >= 15 is 0 Å². The Labute approximate surface area is 118 Å². The van der Waals surface area contributed by atoms with Gasteiger partial charge in [-0.3, -0.25) is 0 Å². The van der Waals surface area contributed by atoms with Crippen LogP contribution < -0.4 is 5.32 Å². The number of nitrogens with one attached hydrogen (secondary N) is 1. The minimum Gasteiger partial charge on any atom is -0.381 e. The normalized spacial score (nSPS) is 12.9. The molecule has 0 aliphatic carbocycles. The number of hydrogen-bond acceptors (Lipinski definition) is 2. The molecule has 108 valence electrons. The van der Waals surface area contributed by atoms with Crippen LogP contribution in [0.2, 0.25) is 0 Å². The minimum atomic E-state index is 0.625. The topological polar surface area (TPSA) is 21.3 Å². The van der Waals surface area contributed by atoms with Crippen LogP contribution in [0.5, 0.6) is 0 Å². The molecule has 0 saturated carbocycles. The molecular weight excluding hydrogens is 234 g/mol. The highest BCUT2D eigenvalue weighted by Crippen LogP contribution is 2.13. The maximum Gasteiger partial charge on any atom is 0.0488 e. The molecule has 1 rings (SSSR count). The van der Waals surface area contributed by atoms with Crippen molar-refractivity contribution in [1.82, 2.24) is 5.32 Å². The first kappa shape index (κ1) is 16.2. The molecule has 0 radical (unpaired) electrons. The first-order valence-electron chi connectivity index (χ1n) is 7.39. The summed E-state index contributed by atoms with van der Waals surface area (Å²) in [5, 5.41) is 3.29. The second-order valence-corrected chi connectivity index (χ2v) is 5.87. The van der Waals surface area contributed by atoms with E-state index in [-0.39, 0.29) is 0 Å². The second kappa shape index (κ2) is 9.11. The third kappa shape index (κ3) is 7.34. The van der Waals surface area contributed by atoms with Gasteiger partial charge >= 0.3 is 0 Å². The maximum atomic E-state index is 5.70. The van der Waals surface area contributed by atoms with Crippen molar-refractivity contribution in [2.75, 3.05) is 26.8 Å². The highest BCUT2D eigenvalue weighted by molar-refractivity contribution is 5.21. The van der Waals surface area contributed by atoms with Gasteiger partial charge in [0.15, 0.2) is 0 Å². The third-order valence-corrected chi connectivity index (χ3v) is 3.26. The summed E-state index contributed by atoms with van der Waals surface area (Å²) in [4.78, 5) is 0. The Hall–Kier alpha value is -0.860. The summed E-state index contributed by atoms with van der Waals surface area (Å²) in [7, 11) is 2.02. The number of rotatable bonds is 9. The van der Waals surface area contributed by atoms with E-state index in [1.54, 1.807) is 0 Å². The minimum absolute atomic E-state index is 0.625. The van der Waals surface area contributed by atoms with Crippen molar-refractivity contribution in [1.29, 1.82) is 0 Å². The van der Waals surface area contributed by atoms with Gasteiger partial charge in [0.05, 0.1) is 0 Å². The van der Waals surface area contributed by atoms with Crippen LogP contribution in [0.15, 0.2) is 24.3 Å². The van der Waals surface area contributed by atoms with Crippen LogP contribution in [-0.4, -0.2) is 26.8 Å². The van der Waals surface area contributed by atoms with Crippen molar-refractivity contribution in [3.8, 4) is 0 Å². The lowest BCUT2D eigenvalue weighted by Gasteiger charge is -2.17. The van der Waals surface area contributed by atoms with E-state index in [1.165, 1.54) is 11.1 Å². The quantitative estimate of drug-likeness (QED) is 0.689. The number of hydrogen-bond donors (Lipinski definition) is 1. The van der Waals surface area contributed by atoms with E-state index in [4.69, 9.17) is 4.74 Å². The Balaban J connectivity index is 2.37. The van der Waals surface area contributed by atoms with Crippen LogP contribution in [0.3, 0.4) is 0 Å². The molecule has 19 heavy (non-hydrogen) atoms. The average Bonchev–Trinajstić information content (AvgIpc) is 2.37. The lowest BCUT2D eigenvalue weighted by Crippen LogP contribution is -2.22. The van der Waals surface area contributed by atoms with Crippen LogP contribution in [0, 0.1) is 18.8 Å². The zero-order chi connectivity index (χ0) is 14.1. The Bertz CT molecular complexity index is 332. The largest absolute Gasteiger partial charge is 0.381 e. The Morgan fingerprint density at radius 1 is 1.16 bits per heavy atom. The summed E-state index contributed by atoms with van der Waals surface area (Å²) in [6.45, 7) is 9.31. The van der Waals surface area contributed by atoms with Crippen LogP contribution in [-0.2, 0) is 11.2 Å². The Morgan fingerprint density at radius 3 is 2.42 bits per heavy atom. The Kier molecular flexibility index (Phi) is 7.76. The fraction of sp³-hybridized carbons (Fsp3) is 0.647. The van der Waals surface area contributed by atoms with Crippen molar-refractivity contribution in [2.24, 2.45) is 11.8 Å². The standard InChI is InChI=1S/C17H29NO/c1-14(2)13-19-10-9-17(12-18-4)11-16-7-5-15(3)6-8-16/h5-8,14,17-18H,9-13H2,1-4H3. The molecule has 0 bridgehead atoms. The molecule has 1 atom stereocenters. The van der Waals surface area contributed by atoms with Gasteiger partial charge in [0.2, 0.25) is 0 Å². The van der Waals surface area contributed by atoms with E-state index in [1.807, 2.05) is 7.05 Å². The maximum absolute atomic E-state index is 5.70. The zero-order valence-electron chi connectivity index (χ0n) is 12.9. The average molecular weight is 263 g/mol. The smallest absolute Gasteiger partial charge is 0.0488 e. The molecule has 0 aliphatic heterocycles. The van der Waals surface area contributed by atoms with Gasteiger partial charge in [0.25, 0.3) is 0 Å². The fourth-order valence-corrected chi connectivity index (χ4v) is 2.19. The first-order chi connectivity index (χ1) is 9.11. The number of benzene rings is 1. The van der Waals surface area contributed by atoms with Gasteiger partial charge in [-0.2, -0.15) is 0 Å². The second-order valence-electron chi connectivity index (χ2n) is 5.87. The highest BCUT2D eigenvalue weighted by Gasteiger charge is 2.09. The molecule has 0 amide bonds. The van der Waals surface area contributed by atoms with Crippen LogP contribution in [0.1, 0.15) is 31.4 Å². The van der Waals surface area contributed by atoms with E-state index in [9.17, 15) is 0 Å². The molecule has 2 heteroatoms. The van der Waals surface area contributed by atoms with E-state index in [0.29, 0.717) is 11.8 Å². The third-order valence-electron chi connectivity index (χ3n) is 3.26. The molecule has 0 spiro atoms. The summed E-state index contributed by atoms with van der Waals surface area (Å²) in [6.07, 6.45) is 2.26. The predicted octanol–water partition coefficient (Wildman–Crippen LogP) is 3.44. The van der Waals surface area contributed by atoms with Gasteiger partial charge in [0.1, 0.15) is 0 Å². The monoisotopic (exact) mass is 263 g/mol. The van der Waals surface area contributed by atoms with E-state index < -0.39 is 0 Å². The number of ether oxygens (including phenoxy) is 1. The summed E-state index contributed by atoms with van der Waals surface area (Å²) >= 11 is 0. The summed E-state index contributed by atoms with van der Waals surface area (Å²) in [5.41, 5.74) is 2.75. The SMILES string of the molecule is CNCC(CCOCC(C)C)Cc1ccc(C)cc1. The molecule has 1 aromatic rings. The lowest BCUT2D eigenvalue weighted by molar-refractivity contribution is 0.0978. The van der Waals surface area contributed by atoms with Crippen molar-refractivity contribution >= 4 is 0 Å². The molecule has 0 aliphatic rings. The van der Waals surface area contributed by atoms with E-state index in [2.05, 4.69) is 50.4 Å². The van der Waals surface area contributed by atoms with Gasteiger partial charge in [-0.05, 0) is 50.8 Å². The highest BCUT2D eigenvalue weighted by atomic mass is 16.5. The van der Waals surface area contributed by atoms with Gasteiger partial charge in [-0.25, -0.2) is 0 Å². The van der Waals surface area contributed by atoms with Gasteiger partial charge in [0, 0.05) is 13.2 Å². The molecule has 2 nitrogen and oxygen atoms in total. The molecule has 0 fully saturated rings. The Morgan fingerprint density at radius 2 is 1.84 bits per heavy atom. The lowest BCUT2D eigenvalue weighted by atomic mass is 9.96. The molecule has 0 saturated heterocycles. The summed E-state index contributed by atoms with van der Waals surface area (Å²) in [6, 6.07) is 8.88. The first-order valence-corrected chi connectivity index (χ1v) is 7.39. The molecule has 0 aromatic heterocycles. The molecule has 1 N–H and O–H groups in total. The van der Waals surface area contributed by atoms with E-state index in [0.717, 1.165) is 32.6 Å². The number of aryl methyl sites for hydroxylation is 1. The van der Waals surface area contributed by atoms with Crippen molar-refractivity contribution < 1.29 is 4.74 Å². The van der Waals surface area contributed by atoms with Gasteiger partial charge in [-0.1, -0.05) is 43.7 Å². The van der Waals surface area contributed by atoms with Crippen LogP contribution in [0.25, 0.3) is 0 Å². The molecule has 0 heterocycles. The zero-order valence-corrected chi connectivity index (χ0v) is 12.9. The van der Waals surface area contributed by atoms with Gasteiger partial charge < -0.3 is 10.1 Å². The molecular formula is C17H29NO. The van der Waals surface area contributed by atoms with Crippen LogP contribution >= 0.6 is 0 Å². The van der Waals surface area contributed by atoms with Gasteiger partial charge in [-0.15, -0.1) is 0 Å². The molecule has 1 unspecified atom stereocenters. The summed E-state index contributed by atoms with van der Waals surface area (Å²) in [5.74, 6) is 1.28. The van der Waals surface area contributed by atoms with Crippen molar-refractivity contribution in [3.63, 3.8) is 0 Å². The summed E-state index contributed by atoms with van der Waals surface area (Å²) < 4.78 is 5.70. The van der Waals surface area contributed by atoms with Crippen LogP contribution in [0.4, 0.5) is 0 Å². The van der Waals surface area contributed by atoms with Crippen molar-refractivity contribution in [3.05, 3.63) is 35.4 Å². The van der Waals surface area contributed by atoms with Crippen molar-refractivity contribution in [2.45, 2.75) is 33.6 Å².